The van der Waals surface area contributed by atoms with E-state index in [4.69, 9.17) is 13.9 Å². The molecule has 0 atom stereocenters. The van der Waals surface area contributed by atoms with Gasteiger partial charge in [-0.25, -0.2) is 9.59 Å². The largest absolute Gasteiger partial charge is 0.457 e. The molecule has 0 spiro atoms. The van der Waals surface area contributed by atoms with E-state index < -0.39 is 11.6 Å². The molecule has 0 saturated heterocycles. The molecule has 172 valence electrons. The fraction of sp³-hybridized carbons (Fsp3) is 0.0690. The van der Waals surface area contributed by atoms with Gasteiger partial charge in [0.15, 0.2) is 0 Å². The van der Waals surface area contributed by atoms with Gasteiger partial charge in [0.25, 0.3) is 0 Å². The summed E-state index contributed by atoms with van der Waals surface area (Å²) in [5.41, 5.74) is 2.74. The van der Waals surface area contributed by atoms with Gasteiger partial charge in [-0.2, -0.15) is 0 Å². The molecule has 0 aliphatic heterocycles. The van der Waals surface area contributed by atoms with Crippen molar-refractivity contribution in [1.29, 1.82) is 0 Å². The molecule has 5 rings (SSSR count). The first-order valence-electron chi connectivity index (χ1n) is 11.0. The summed E-state index contributed by atoms with van der Waals surface area (Å²) < 4.78 is 16.0. The molecule has 35 heavy (non-hydrogen) atoms. The Hall–Kier alpha value is -4.71. The number of carbonyl (C=O) groups excluding carboxylic acids is 2. The normalized spacial score (nSPS) is 10.9. The first kappa shape index (κ1) is 22.1. The molecular weight excluding hydrogens is 444 g/mol. The second kappa shape index (κ2) is 9.27. The van der Waals surface area contributed by atoms with Gasteiger partial charge in [-0.15, -0.1) is 0 Å². The standard InChI is InChI=1S/C29H20O6/c1-18(30)34-24-13-10-20(11-14-24)19-6-8-22(9-7-19)29(32)33-17-23-16-27(31)35-26-15-12-21-4-2-3-5-25(21)28(23)26/h2-16H,17H2,1H3. The predicted octanol–water partition coefficient (Wildman–Crippen LogP) is 5.90. The highest BCUT2D eigenvalue weighted by atomic mass is 16.5. The van der Waals surface area contributed by atoms with Crippen molar-refractivity contribution in [3.63, 3.8) is 0 Å². The lowest BCUT2D eigenvalue weighted by atomic mass is 10.0. The fourth-order valence-corrected chi connectivity index (χ4v) is 4.04. The second-order valence-electron chi connectivity index (χ2n) is 8.02. The van der Waals surface area contributed by atoms with Gasteiger partial charge in [0.2, 0.25) is 0 Å². The third kappa shape index (κ3) is 4.68. The molecule has 0 unspecified atom stereocenters. The van der Waals surface area contributed by atoms with Gasteiger partial charge in [-0.05, 0) is 52.2 Å². The lowest BCUT2D eigenvalue weighted by molar-refractivity contribution is -0.131. The van der Waals surface area contributed by atoms with E-state index in [1.165, 1.54) is 13.0 Å². The number of benzene rings is 4. The van der Waals surface area contributed by atoms with Crippen LogP contribution in [0.5, 0.6) is 5.75 Å². The Balaban J connectivity index is 1.35. The third-order valence-corrected chi connectivity index (χ3v) is 5.64. The topological polar surface area (TPSA) is 82.8 Å². The molecule has 0 fully saturated rings. The Morgan fingerprint density at radius 3 is 2.23 bits per heavy atom. The molecule has 1 heterocycles. The molecule has 0 N–H and O–H groups in total. The minimum absolute atomic E-state index is 0.0612. The Kier molecular flexibility index (Phi) is 5.85. The van der Waals surface area contributed by atoms with E-state index in [1.54, 1.807) is 30.3 Å². The van der Waals surface area contributed by atoms with Crippen molar-refractivity contribution >= 4 is 33.7 Å². The molecule has 5 aromatic rings. The molecule has 0 saturated carbocycles. The maximum Gasteiger partial charge on any atom is 0.338 e. The van der Waals surface area contributed by atoms with Gasteiger partial charge in [0.05, 0.1) is 5.56 Å². The van der Waals surface area contributed by atoms with Crippen LogP contribution in [0.2, 0.25) is 0 Å². The molecular formula is C29H20O6. The highest BCUT2D eigenvalue weighted by Gasteiger charge is 2.13. The van der Waals surface area contributed by atoms with Crippen molar-refractivity contribution in [3.8, 4) is 16.9 Å². The molecule has 6 heteroatoms. The van der Waals surface area contributed by atoms with Crippen molar-refractivity contribution in [1.82, 2.24) is 0 Å². The van der Waals surface area contributed by atoms with Crippen LogP contribution in [-0.2, 0) is 16.1 Å². The monoisotopic (exact) mass is 464 g/mol. The van der Waals surface area contributed by atoms with Gasteiger partial charge >= 0.3 is 17.6 Å². The summed E-state index contributed by atoms with van der Waals surface area (Å²) in [7, 11) is 0. The van der Waals surface area contributed by atoms with Crippen LogP contribution in [0.3, 0.4) is 0 Å². The van der Waals surface area contributed by atoms with Gasteiger partial charge < -0.3 is 13.9 Å². The average molecular weight is 464 g/mol. The molecule has 0 aliphatic rings. The summed E-state index contributed by atoms with van der Waals surface area (Å²) in [5.74, 6) is -0.404. The quantitative estimate of drug-likeness (QED) is 0.139. The van der Waals surface area contributed by atoms with Crippen LogP contribution >= 0.6 is 0 Å². The van der Waals surface area contributed by atoms with Gasteiger partial charge in [0, 0.05) is 23.9 Å². The van der Waals surface area contributed by atoms with Crippen LogP contribution in [0, 0.1) is 0 Å². The zero-order valence-corrected chi connectivity index (χ0v) is 18.8. The third-order valence-electron chi connectivity index (χ3n) is 5.64. The van der Waals surface area contributed by atoms with E-state index >= 15 is 0 Å². The van der Waals surface area contributed by atoms with E-state index in [0.717, 1.165) is 27.3 Å². The minimum Gasteiger partial charge on any atom is -0.457 e. The zero-order chi connectivity index (χ0) is 24.4. The van der Waals surface area contributed by atoms with Crippen molar-refractivity contribution in [2.75, 3.05) is 0 Å². The van der Waals surface area contributed by atoms with Gasteiger partial charge in [0.1, 0.15) is 17.9 Å². The zero-order valence-electron chi connectivity index (χ0n) is 18.8. The maximum atomic E-state index is 12.7. The summed E-state index contributed by atoms with van der Waals surface area (Å²) in [6, 6.07) is 26.9. The number of esters is 2. The van der Waals surface area contributed by atoms with Crippen LogP contribution in [0.4, 0.5) is 0 Å². The van der Waals surface area contributed by atoms with Crippen molar-refractivity contribution < 1.29 is 23.5 Å². The number of rotatable bonds is 5. The molecule has 0 bridgehead atoms. The van der Waals surface area contributed by atoms with E-state index in [2.05, 4.69) is 0 Å². The van der Waals surface area contributed by atoms with Crippen molar-refractivity contribution in [3.05, 3.63) is 113 Å². The van der Waals surface area contributed by atoms with E-state index in [-0.39, 0.29) is 12.6 Å². The van der Waals surface area contributed by atoms with Crippen molar-refractivity contribution in [2.24, 2.45) is 0 Å². The first-order valence-corrected chi connectivity index (χ1v) is 11.0. The number of hydrogen-bond acceptors (Lipinski definition) is 6. The summed E-state index contributed by atoms with van der Waals surface area (Å²) in [6.07, 6.45) is 0. The second-order valence-corrected chi connectivity index (χ2v) is 8.02. The van der Waals surface area contributed by atoms with Crippen LogP contribution in [-0.4, -0.2) is 11.9 Å². The van der Waals surface area contributed by atoms with Crippen LogP contribution in [0.15, 0.2) is 100 Å². The smallest absolute Gasteiger partial charge is 0.338 e. The van der Waals surface area contributed by atoms with Gasteiger partial charge in [-0.3, -0.25) is 4.79 Å². The fourth-order valence-electron chi connectivity index (χ4n) is 4.04. The SMILES string of the molecule is CC(=O)Oc1ccc(-c2ccc(C(=O)OCc3cc(=O)oc4ccc5ccccc5c34)cc2)cc1. The first-order chi connectivity index (χ1) is 17.0. The number of fused-ring (bicyclic) bond motifs is 3. The van der Waals surface area contributed by atoms with Crippen LogP contribution in [0.25, 0.3) is 32.9 Å². The maximum absolute atomic E-state index is 12.7. The molecule has 0 amide bonds. The highest BCUT2D eigenvalue weighted by molar-refractivity contribution is 6.07. The van der Waals surface area contributed by atoms with E-state index in [9.17, 15) is 14.4 Å². The lowest BCUT2D eigenvalue weighted by Gasteiger charge is -2.10. The van der Waals surface area contributed by atoms with Crippen LogP contribution < -0.4 is 10.4 Å². The highest BCUT2D eigenvalue weighted by Crippen LogP contribution is 2.28. The molecule has 1 aromatic heterocycles. The number of hydrogen-bond donors (Lipinski definition) is 0. The van der Waals surface area contributed by atoms with E-state index in [1.807, 2.05) is 54.6 Å². The Labute approximate surface area is 200 Å². The summed E-state index contributed by atoms with van der Waals surface area (Å²) in [4.78, 5) is 35.9. The number of carbonyl (C=O) groups is 2. The van der Waals surface area contributed by atoms with Crippen LogP contribution in [0.1, 0.15) is 22.8 Å². The Bertz CT molecular complexity index is 1610. The molecule has 4 aromatic carbocycles. The summed E-state index contributed by atoms with van der Waals surface area (Å²) >= 11 is 0. The average Bonchev–Trinajstić information content (AvgIpc) is 2.87. The number of ether oxygens (including phenoxy) is 2. The van der Waals surface area contributed by atoms with E-state index in [0.29, 0.717) is 22.5 Å². The Morgan fingerprint density at radius 2 is 1.51 bits per heavy atom. The molecule has 0 aliphatic carbocycles. The predicted molar refractivity (Wildman–Crippen MR) is 132 cm³/mol. The molecule has 6 nitrogen and oxygen atoms in total. The summed E-state index contributed by atoms with van der Waals surface area (Å²) in [6.45, 7) is 1.29. The van der Waals surface area contributed by atoms with Gasteiger partial charge in [-0.1, -0.05) is 54.6 Å². The molecule has 0 radical (unpaired) electrons. The lowest BCUT2D eigenvalue weighted by Crippen LogP contribution is -2.08. The Morgan fingerprint density at radius 1 is 0.829 bits per heavy atom. The van der Waals surface area contributed by atoms with Crippen molar-refractivity contribution in [2.45, 2.75) is 13.5 Å². The summed E-state index contributed by atoms with van der Waals surface area (Å²) in [5, 5.41) is 2.67. The minimum atomic E-state index is -0.497.